The van der Waals surface area contributed by atoms with Crippen LogP contribution in [0, 0.1) is 0 Å². The average molecular weight is 493 g/mol. The van der Waals surface area contributed by atoms with Crippen LogP contribution in [-0.2, 0) is 16.0 Å². The molecule has 2 aromatic rings. The molecule has 2 heterocycles. The SMILES string of the molecule is COc1ccc(CCNC(=O)CCN2C=CN3NC(c4ccc(C(C)C)cc4)CC3C2=O)cc1OC. The van der Waals surface area contributed by atoms with Gasteiger partial charge in [0, 0.05) is 31.9 Å². The van der Waals surface area contributed by atoms with Crippen molar-refractivity contribution in [2.45, 2.75) is 51.1 Å². The summed E-state index contributed by atoms with van der Waals surface area (Å²) < 4.78 is 10.6. The maximum atomic E-state index is 13.1. The second kappa shape index (κ2) is 11.5. The molecule has 1 saturated heterocycles. The lowest BCUT2D eigenvalue weighted by Gasteiger charge is -2.31. The third kappa shape index (κ3) is 5.82. The summed E-state index contributed by atoms with van der Waals surface area (Å²) in [6.07, 6.45) is 5.27. The van der Waals surface area contributed by atoms with Gasteiger partial charge in [-0.15, -0.1) is 0 Å². The Morgan fingerprint density at radius 3 is 2.53 bits per heavy atom. The highest BCUT2D eigenvalue weighted by atomic mass is 16.5. The lowest BCUT2D eigenvalue weighted by atomic mass is 9.97. The van der Waals surface area contributed by atoms with E-state index in [1.807, 2.05) is 29.4 Å². The monoisotopic (exact) mass is 492 g/mol. The molecular weight excluding hydrogens is 456 g/mol. The Kier molecular flexibility index (Phi) is 8.15. The van der Waals surface area contributed by atoms with Crippen molar-refractivity contribution in [3.8, 4) is 11.5 Å². The van der Waals surface area contributed by atoms with Crippen LogP contribution in [0.1, 0.15) is 55.3 Å². The van der Waals surface area contributed by atoms with E-state index >= 15 is 0 Å². The average Bonchev–Trinajstić information content (AvgIpc) is 3.33. The van der Waals surface area contributed by atoms with Crippen LogP contribution >= 0.6 is 0 Å². The normalized spacial score (nSPS) is 19.0. The van der Waals surface area contributed by atoms with Crippen molar-refractivity contribution in [3.05, 3.63) is 71.6 Å². The maximum Gasteiger partial charge on any atom is 0.250 e. The Hall–Kier alpha value is -3.52. The first-order valence-corrected chi connectivity index (χ1v) is 12.5. The van der Waals surface area contributed by atoms with Gasteiger partial charge in [0.2, 0.25) is 5.91 Å². The summed E-state index contributed by atoms with van der Waals surface area (Å²) in [6, 6.07) is 14.2. The van der Waals surface area contributed by atoms with Crippen LogP contribution in [-0.4, -0.2) is 55.1 Å². The molecule has 2 unspecified atom stereocenters. The van der Waals surface area contributed by atoms with E-state index in [1.165, 1.54) is 11.1 Å². The molecule has 0 saturated carbocycles. The minimum atomic E-state index is -0.266. The highest BCUT2D eigenvalue weighted by molar-refractivity contribution is 5.85. The standard InChI is InChI=1S/C28H36N4O4/c1-19(2)21-6-8-22(9-7-21)23-18-24-28(34)31(15-16-32(24)30-23)14-12-27(33)29-13-11-20-5-10-25(35-3)26(17-20)36-4/h5-10,15-17,19,23-24,30H,11-14,18H2,1-4H3,(H,29,33). The van der Waals surface area contributed by atoms with Crippen molar-refractivity contribution >= 4 is 11.8 Å². The number of ether oxygens (including phenoxy) is 2. The molecule has 0 spiro atoms. The number of amides is 2. The topological polar surface area (TPSA) is 83.1 Å². The van der Waals surface area contributed by atoms with E-state index in [2.05, 4.69) is 48.9 Å². The molecule has 0 aliphatic carbocycles. The zero-order valence-corrected chi connectivity index (χ0v) is 21.5. The number of fused-ring (bicyclic) bond motifs is 1. The van der Waals surface area contributed by atoms with Gasteiger partial charge in [-0.25, -0.2) is 5.43 Å². The number of hydrazine groups is 1. The van der Waals surface area contributed by atoms with Crippen molar-refractivity contribution in [3.63, 3.8) is 0 Å². The zero-order chi connectivity index (χ0) is 25.7. The minimum Gasteiger partial charge on any atom is -0.493 e. The van der Waals surface area contributed by atoms with Crippen LogP contribution in [0.3, 0.4) is 0 Å². The largest absolute Gasteiger partial charge is 0.493 e. The van der Waals surface area contributed by atoms with Gasteiger partial charge in [0.05, 0.1) is 20.3 Å². The number of hydrogen-bond acceptors (Lipinski definition) is 6. The smallest absolute Gasteiger partial charge is 0.250 e. The van der Waals surface area contributed by atoms with Crippen LogP contribution < -0.4 is 20.2 Å². The molecule has 8 nitrogen and oxygen atoms in total. The molecule has 2 amide bonds. The number of methoxy groups -OCH3 is 2. The van der Waals surface area contributed by atoms with Gasteiger partial charge >= 0.3 is 0 Å². The Labute approximate surface area is 213 Å². The van der Waals surface area contributed by atoms with Crippen molar-refractivity contribution in [2.24, 2.45) is 0 Å². The second-order valence-electron chi connectivity index (χ2n) is 9.53. The molecule has 0 aromatic heterocycles. The van der Waals surface area contributed by atoms with E-state index in [4.69, 9.17) is 9.47 Å². The summed E-state index contributed by atoms with van der Waals surface area (Å²) in [7, 11) is 3.20. The van der Waals surface area contributed by atoms with Gasteiger partial charge in [-0.05, 0) is 47.6 Å². The zero-order valence-electron chi connectivity index (χ0n) is 21.5. The van der Waals surface area contributed by atoms with Gasteiger partial charge in [0.15, 0.2) is 11.5 Å². The molecule has 0 radical (unpaired) electrons. The quantitative estimate of drug-likeness (QED) is 0.528. The first-order chi connectivity index (χ1) is 17.4. The molecule has 2 aromatic carbocycles. The molecule has 1 fully saturated rings. The summed E-state index contributed by atoms with van der Waals surface area (Å²) in [5.41, 5.74) is 6.96. The van der Waals surface area contributed by atoms with Crippen LogP contribution in [0.2, 0.25) is 0 Å². The summed E-state index contributed by atoms with van der Waals surface area (Å²) in [4.78, 5) is 27.2. The van der Waals surface area contributed by atoms with Crippen molar-refractivity contribution < 1.29 is 19.1 Å². The van der Waals surface area contributed by atoms with E-state index in [9.17, 15) is 9.59 Å². The Balaban J connectivity index is 1.23. The number of benzene rings is 2. The summed E-state index contributed by atoms with van der Waals surface area (Å²) in [5, 5.41) is 4.83. The van der Waals surface area contributed by atoms with Crippen LogP contribution in [0.5, 0.6) is 11.5 Å². The molecule has 36 heavy (non-hydrogen) atoms. The van der Waals surface area contributed by atoms with Crippen molar-refractivity contribution in [1.82, 2.24) is 20.7 Å². The molecule has 2 N–H and O–H groups in total. The van der Waals surface area contributed by atoms with Crippen molar-refractivity contribution in [1.29, 1.82) is 0 Å². The fourth-order valence-corrected chi connectivity index (χ4v) is 4.64. The van der Waals surface area contributed by atoms with Crippen LogP contribution in [0.4, 0.5) is 0 Å². The van der Waals surface area contributed by atoms with Gasteiger partial charge < -0.3 is 24.7 Å². The highest BCUT2D eigenvalue weighted by Crippen LogP contribution is 2.31. The third-order valence-electron chi connectivity index (χ3n) is 6.84. The van der Waals surface area contributed by atoms with Crippen molar-refractivity contribution in [2.75, 3.05) is 27.3 Å². The number of carbonyl (C=O) groups is 2. The van der Waals surface area contributed by atoms with E-state index in [0.717, 1.165) is 5.56 Å². The molecule has 0 bridgehead atoms. The molecule has 4 rings (SSSR count). The summed E-state index contributed by atoms with van der Waals surface area (Å²) in [5.74, 6) is 1.78. The predicted molar refractivity (Wildman–Crippen MR) is 138 cm³/mol. The fourth-order valence-electron chi connectivity index (χ4n) is 4.64. The lowest BCUT2D eigenvalue weighted by Crippen LogP contribution is -2.48. The number of rotatable bonds is 10. The van der Waals surface area contributed by atoms with E-state index in [1.54, 1.807) is 25.3 Å². The summed E-state index contributed by atoms with van der Waals surface area (Å²) in [6.45, 7) is 5.23. The fraction of sp³-hybridized carbons (Fsp3) is 0.429. The maximum absolute atomic E-state index is 13.1. The van der Waals surface area contributed by atoms with E-state index < -0.39 is 0 Å². The Bertz CT molecular complexity index is 1100. The molecule has 192 valence electrons. The predicted octanol–water partition coefficient (Wildman–Crippen LogP) is 3.51. The van der Waals surface area contributed by atoms with Gasteiger partial charge in [-0.3, -0.25) is 9.59 Å². The summed E-state index contributed by atoms with van der Waals surface area (Å²) >= 11 is 0. The van der Waals surface area contributed by atoms with Gasteiger partial charge in [0.25, 0.3) is 5.91 Å². The molecule has 2 aliphatic rings. The van der Waals surface area contributed by atoms with E-state index in [-0.39, 0.29) is 30.3 Å². The number of nitrogens with one attached hydrogen (secondary N) is 2. The third-order valence-corrected chi connectivity index (χ3v) is 6.84. The Morgan fingerprint density at radius 2 is 1.83 bits per heavy atom. The number of nitrogens with zero attached hydrogens (tertiary/aromatic N) is 2. The van der Waals surface area contributed by atoms with Gasteiger partial charge in [-0.2, -0.15) is 0 Å². The highest BCUT2D eigenvalue weighted by Gasteiger charge is 2.39. The number of hydrogen-bond donors (Lipinski definition) is 2. The van der Waals surface area contributed by atoms with Gasteiger partial charge in [-0.1, -0.05) is 44.2 Å². The Morgan fingerprint density at radius 1 is 1.08 bits per heavy atom. The van der Waals surface area contributed by atoms with Gasteiger partial charge in [0.1, 0.15) is 6.04 Å². The van der Waals surface area contributed by atoms with E-state index in [0.29, 0.717) is 43.3 Å². The molecular formula is C28H36N4O4. The minimum absolute atomic E-state index is 0.0180. The first kappa shape index (κ1) is 25.6. The number of carbonyl (C=O) groups excluding carboxylic acids is 2. The lowest BCUT2D eigenvalue weighted by molar-refractivity contribution is -0.134. The van der Waals surface area contributed by atoms with Crippen LogP contribution in [0.15, 0.2) is 54.9 Å². The first-order valence-electron chi connectivity index (χ1n) is 12.5. The molecule has 8 heteroatoms. The van der Waals surface area contributed by atoms with Crippen LogP contribution in [0.25, 0.3) is 0 Å². The molecule has 2 aliphatic heterocycles. The molecule has 2 atom stereocenters. The second-order valence-corrected chi connectivity index (χ2v) is 9.53.